The van der Waals surface area contributed by atoms with Gasteiger partial charge in [-0.1, -0.05) is 34.5 Å². The molecule has 0 bridgehead atoms. The van der Waals surface area contributed by atoms with Crippen LogP contribution in [0.3, 0.4) is 0 Å². The standard InChI is InChI=1S/C21H20BrClN2O4/c1-4-12(2)28-20-16(23)7-13(8-18(20)27-3)11-24-25-21(26)19-10-14-9-15(22)5-6-17(14)29-19/h5-12H,4H2,1-3H3,(H,25,26)/b24-11+/t12-/m0/s1. The largest absolute Gasteiger partial charge is 0.493 e. The lowest BCUT2D eigenvalue weighted by Crippen LogP contribution is -2.16. The van der Waals surface area contributed by atoms with Crippen LogP contribution < -0.4 is 14.9 Å². The number of rotatable bonds is 7. The van der Waals surface area contributed by atoms with Gasteiger partial charge in [-0.15, -0.1) is 0 Å². The monoisotopic (exact) mass is 478 g/mol. The van der Waals surface area contributed by atoms with E-state index in [4.69, 9.17) is 25.5 Å². The molecule has 0 aliphatic rings. The third kappa shape index (κ3) is 5.10. The van der Waals surface area contributed by atoms with Gasteiger partial charge in [0, 0.05) is 9.86 Å². The summed E-state index contributed by atoms with van der Waals surface area (Å²) in [6.45, 7) is 3.98. The first kappa shape index (κ1) is 21.2. The first-order valence-corrected chi connectivity index (χ1v) is 10.1. The molecule has 0 unspecified atom stereocenters. The normalized spacial score (nSPS) is 12.3. The average molecular weight is 480 g/mol. The molecule has 152 valence electrons. The highest BCUT2D eigenvalue weighted by atomic mass is 79.9. The quantitative estimate of drug-likeness (QED) is 0.343. The van der Waals surface area contributed by atoms with Gasteiger partial charge in [0.2, 0.25) is 0 Å². The molecule has 1 heterocycles. The number of nitrogens with zero attached hydrogens (tertiary/aromatic N) is 1. The van der Waals surface area contributed by atoms with Crippen LogP contribution in [0.25, 0.3) is 11.0 Å². The Morgan fingerprint density at radius 3 is 2.86 bits per heavy atom. The Balaban J connectivity index is 1.73. The lowest BCUT2D eigenvalue weighted by Gasteiger charge is -2.17. The van der Waals surface area contributed by atoms with Crippen molar-refractivity contribution in [2.75, 3.05) is 7.11 Å². The van der Waals surface area contributed by atoms with Gasteiger partial charge in [-0.25, -0.2) is 5.43 Å². The number of amides is 1. The van der Waals surface area contributed by atoms with E-state index in [1.807, 2.05) is 26.0 Å². The van der Waals surface area contributed by atoms with Gasteiger partial charge in [-0.2, -0.15) is 5.10 Å². The van der Waals surface area contributed by atoms with E-state index < -0.39 is 5.91 Å². The van der Waals surface area contributed by atoms with Crippen LogP contribution in [0.15, 0.2) is 50.4 Å². The summed E-state index contributed by atoms with van der Waals surface area (Å²) in [5, 5.41) is 5.20. The van der Waals surface area contributed by atoms with Crippen molar-refractivity contribution < 1.29 is 18.7 Å². The number of hydrogen-bond donors (Lipinski definition) is 1. The molecule has 8 heteroatoms. The maximum Gasteiger partial charge on any atom is 0.307 e. The van der Waals surface area contributed by atoms with Crippen LogP contribution in [-0.4, -0.2) is 25.3 Å². The van der Waals surface area contributed by atoms with Crippen LogP contribution in [-0.2, 0) is 0 Å². The lowest BCUT2D eigenvalue weighted by molar-refractivity contribution is 0.0929. The third-order valence-corrected chi connectivity index (χ3v) is 5.00. The minimum absolute atomic E-state index is 0.00429. The number of furan rings is 1. The predicted molar refractivity (Wildman–Crippen MR) is 117 cm³/mol. The minimum atomic E-state index is -0.455. The van der Waals surface area contributed by atoms with Crippen molar-refractivity contribution in [3.05, 3.63) is 57.2 Å². The van der Waals surface area contributed by atoms with Gasteiger partial charge in [0.1, 0.15) is 5.58 Å². The highest BCUT2D eigenvalue weighted by Crippen LogP contribution is 2.37. The minimum Gasteiger partial charge on any atom is -0.493 e. The molecule has 3 rings (SSSR count). The van der Waals surface area contributed by atoms with E-state index in [-0.39, 0.29) is 11.9 Å². The molecule has 0 spiro atoms. The number of hydrazone groups is 1. The molecule has 1 N–H and O–H groups in total. The summed E-state index contributed by atoms with van der Waals surface area (Å²) in [5.41, 5.74) is 3.72. The summed E-state index contributed by atoms with van der Waals surface area (Å²) >= 11 is 9.73. The maximum atomic E-state index is 12.3. The van der Waals surface area contributed by atoms with E-state index in [1.165, 1.54) is 13.3 Å². The summed E-state index contributed by atoms with van der Waals surface area (Å²) in [6.07, 6.45) is 2.32. The van der Waals surface area contributed by atoms with Crippen molar-refractivity contribution in [3.8, 4) is 11.5 Å². The van der Waals surface area contributed by atoms with Crippen LogP contribution in [0.1, 0.15) is 36.4 Å². The second-order valence-corrected chi connectivity index (χ2v) is 7.69. The Morgan fingerprint density at radius 1 is 1.34 bits per heavy atom. The number of methoxy groups -OCH3 is 1. The smallest absolute Gasteiger partial charge is 0.307 e. The van der Waals surface area contributed by atoms with Gasteiger partial charge in [0.05, 0.1) is 24.5 Å². The number of nitrogens with one attached hydrogen (secondary N) is 1. The fourth-order valence-electron chi connectivity index (χ4n) is 2.56. The molecular weight excluding hydrogens is 460 g/mol. The number of halogens is 2. The SMILES string of the molecule is CC[C@H](C)Oc1c(Cl)cc(/C=N/NC(=O)c2cc3cc(Br)ccc3o2)cc1OC. The second kappa shape index (κ2) is 9.33. The number of ether oxygens (including phenoxy) is 2. The van der Waals surface area contributed by atoms with Crippen molar-refractivity contribution >= 4 is 50.6 Å². The number of fused-ring (bicyclic) bond motifs is 1. The molecule has 29 heavy (non-hydrogen) atoms. The summed E-state index contributed by atoms with van der Waals surface area (Å²) < 4.78 is 17.6. The Morgan fingerprint density at radius 2 is 2.14 bits per heavy atom. The molecule has 0 aliphatic heterocycles. The van der Waals surface area contributed by atoms with Crippen LogP contribution in [0, 0.1) is 0 Å². The molecular formula is C21H20BrClN2O4. The zero-order valence-corrected chi connectivity index (χ0v) is 18.5. The first-order valence-electron chi connectivity index (χ1n) is 8.98. The average Bonchev–Trinajstić information content (AvgIpc) is 3.12. The van der Waals surface area contributed by atoms with E-state index in [1.54, 1.807) is 24.3 Å². The zero-order valence-electron chi connectivity index (χ0n) is 16.2. The number of hydrogen-bond acceptors (Lipinski definition) is 5. The first-order chi connectivity index (χ1) is 13.9. The molecule has 3 aromatic rings. The third-order valence-electron chi connectivity index (χ3n) is 4.23. The molecule has 0 saturated carbocycles. The maximum absolute atomic E-state index is 12.3. The van der Waals surface area contributed by atoms with Crippen molar-refractivity contribution in [2.45, 2.75) is 26.4 Å². The molecule has 0 radical (unpaired) electrons. The van der Waals surface area contributed by atoms with Gasteiger partial charge in [0.25, 0.3) is 0 Å². The van der Waals surface area contributed by atoms with Crippen molar-refractivity contribution in [1.29, 1.82) is 0 Å². The highest BCUT2D eigenvalue weighted by Gasteiger charge is 2.15. The lowest BCUT2D eigenvalue weighted by atomic mass is 10.2. The molecule has 0 fully saturated rings. The van der Waals surface area contributed by atoms with Crippen LogP contribution in [0.2, 0.25) is 5.02 Å². The van der Waals surface area contributed by atoms with Gasteiger partial charge >= 0.3 is 5.91 Å². The Kier molecular flexibility index (Phi) is 6.82. The number of carbonyl (C=O) groups is 1. The van der Waals surface area contributed by atoms with Crippen molar-refractivity contribution in [2.24, 2.45) is 5.10 Å². The Hall–Kier alpha value is -2.51. The van der Waals surface area contributed by atoms with Crippen LogP contribution >= 0.6 is 27.5 Å². The molecule has 0 aliphatic carbocycles. The second-order valence-electron chi connectivity index (χ2n) is 6.36. The van der Waals surface area contributed by atoms with Gasteiger partial charge in [-0.05, 0) is 55.3 Å². The molecule has 6 nitrogen and oxygen atoms in total. The van der Waals surface area contributed by atoms with E-state index in [0.29, 0.717) is 27.7 Å². The van der Waals surface area contributed by atoms with Gasteiger partial charge in [-0.3, -0.25) is 4.79 Å². The Labute approximate surface area is 181 Å². The number of benzene rings is 2. The number of carbonyl (C=O) groups excluding carboxylic acids is 1. The fraction of sp³-hybridized carbons (Fsp3) is 0.238. The Bertz CT molecular complexity index is 1060. The summed E-state index contributed by atoms with van der Waals surface area (Å²) in [7, 11) is 1.54. The summed E-state index contributed by atoms with van der Waals surface area (Å²) in [5.74, 6) is 0.693. The fourth-order valence-corrected chi connectivity index (χ4v) is 3.20. The molecule has 1 amide bonds. The predicted octanol–water partition coefficient (Wildman–Crippen LogP) is 5.80. The van der Waals surface area contributed by atoms with Crippen molar-refractivity contribution in [3.63, 3.8) is 0 Å². The summed E-state index contributed by atoms with van der Waals surface area (Å²) in [6, 6.07) is 10.6. The van der Waals surface area contributed by atoms with Crippen LogP contribution in [0.5, 0.6) is 11.5 Å². The molecule has 2 aromatic carbocycles. The van der Waals surface area contributed by atoms with Crippen molar-refractivity contribution in [1.82, 2.24) is 5.43 Å². The summed E-state index contributed by atoms with van der Waals surface area (Å²) in [4.78, 5) is 12.3. The van der Waals surface area contributed by atoms with Gasteiger partial charge < -0.3 is 13.9 Å². The molecule has 0 saturated heterocycles. The van der Waals surface area contributed by atoms with E-state index in [0.717, 1.165) is 16.3 Å². The topological polar surface area (TPSA) is 73.1 Å². The zero-order chi connectivity index (χ0) is 21.0. The van der Waals surface area contributed by atoms with E-state index >= 15 is 0 Å². The molecule has 1 atom stereocenters. The van der Waals surface area contributed by atoms with Gasteiger partial charge in [0.15, 0.2) is 17.3 Å². The van der Waals surface area contributed by atoms with Crippen LogP contribution in [0.4, 0.5) is 0 Å². The molecule has 1 aromatic heterocycles. The van der Waals surface area contributed by atoms with E-state index in [2.05, 4.69) is 26.5 Å². The van der Waals surface area contributed by atoms with E-state index in [9.17, 15) is 4.79 Å². The highest BCUT2D eigenvalue weighted by molar-refractivity contribution is 9.10.